The Hall–Kier alpha value is 3.65. The van der Waals surface area contributed by atoms with Crippen molar-refractivity contribution in [2.75, 3.05) is 0 Å². The molecule has 5 atom stereocenters. The van der Waals surface area contributed by atoms with Crippen LogP contribution in [0.25, 0.3) is 0 Å². The van der Waals surface area contributed by atoms with E-state index >= 15 is 0 Å². The lowest BCUT2D eigenvalue weighted by Gasteiger charge is -1.42. The zero-order valence-corrected chi connectivity index (χ0v) is 18.1. The van der Waals surface area contributed by atoms with Gasteiger partial charge in [-0.3, -0.25) is 0 Å². The minimum atomic E-state index is 0. The van der Waals surface area contributed by atoms with Crippen LogP contribution < -0.4 is 0 Å². The van der Waals surface area contributed by atoms with E-state index in [1.807, 2.05) is 0 Å². The third-order valence-corrected chi connectivity index (χ3v) is 25.3. The van der Waals surface area contributed by atoms with Gasteiger partial charge in [-0.05, 0) is 0 Å². The third-order valence-electron chi connectivity index (χ3n) is 0.312. The number of hydrogen-bond acceptors (Lipinski definition) is 0. The molecule has 0 aromatic carbocycles. The van der Waals surface area contributed by atoms with Crippen LogP contribution in [0.4, 0.5) is 0 Å². The SMILES string of the molecule is P.P.P.P.P.[pH]1[pH][pH][pH][pH]1. The maximum atomic E-state index is 1.39. The van der Waals surface area contributed by atoms with Crippen molar-refractivity contribution in [3.05, 3.63) is 0 Å². The van der Waals surface area contributed by atoms with Crippen LogP contribution in [-0.2, 0) is 0 Å². The van der Waals surface area contributed by atoms with E-state index < -0.39 is 0 Å². The maximum absolute atomic E-state index is 1.39. The molecule has 0 N–H and O–H groups in total. The van der Waals surface area contributed by atoms with Crippen molar-refractivity contribution < 1.29 is 0 Å². The summed E-state index contributed by atoms with van der Waals surface area (Å²) in [5.41, 5.74) is 0. The first-order chi connectivity index (χ1) is 2.50. The lowest BCUT2D eigenvalue weighted by molar-refractivity contribution is 5.60. The van der Waals surface area contributed by atoms with E-state index in [2.05, 4.69) is 0 Å². The average Bonchev–Trinajstić information content (AvgIpc) is 1.76. The Bertz CT molecular complexity index is 56.5. The lowest BCUT2D eigenvalue weighted by atomic mass is 29.7. The predicted octanol–water partition coefficient (Wildman–Crippen LogP) is 3.26. The summed E-state index contributed by atoms with van der Waals surface area (Å²) in [7, 11) is 6.94. The lowest BCUT2D eigenvalue weighted by Crippen LogP contribution is -0.459. The van der Waals surface area contributed by atoms with E-state index in [9.17, 15) is 0 Å². The van der Waals surface area contributed by atoms with Gasteiger partial charge in [-0.15, -0.1) is 0 Å². The van der Waals surface area contributed by atoms with E-state index in [-0.39, 0.29) is 49.5 Å². The molecule has 70 valence electrons. The highest BCUT2D eigenvalue weighted by Crippen LogP contribution is 2.50. The molecular weight excluding hydrogens is 310 g/mol. The highest BCUT2D eigenvalue weighted by atomic mass is 32.6. The summed E-state index contributed by atoms with van der Waals surface area (Å²) in [6.45, 7) is 0. The first kappa shape index (κ1) is 29.2. The Kier molecular flexibility index (Phi) is 67.0. The molecule has 0 saturated carbocycles. The topological polar surface area (TPSA) is 0 Å². The predicted molar refractivity (Wildman–Crippen MR) is 97.1 cm³/mol. The van der Waals surface area contributed by atoms with E-state index in [4.69, 9.17) is 0 Å². The van der Waals surface area contributed by atoms with Crippen molar-refractivity contribution >= 4 is 87.2 Å². The van der Waals surface area contributed by atoms with E-state index in [0.717, 1.165) is 0 Å². The van der Waals surface area contributed by atoms with E-state index in [1.54, 1.807) is 0 Å². The van der Waals surface area contributed by atoms with Gasteiger partial charge in [-0.2, -0.15) is 49.5 Å². The van der Waals surface area contributed by atoms with Crippen LogP contribution in [0.5, 0.6) is 0 Å². The van der Waals surface area contributed by atoms with E-state index in [0.29, 0.717) is 0 Å². The van der Waals surface area contributed by atoms with Crippen molar-refractivity contribution in [3.63, 3.8) is 0 Å². The van der Waals surface area contributed by atoms with Crippen molar-refractivity contribution in [1.82, 2.24) is 0 Å². The molecule has 1 aromatic rings. The van der Waals surface area contributed by atoms with E-state index in [1.165, 1.54) is 37.7 Å². The van der Waals surface area contributed by atoms with Crippen molar-refractivity contribution in [1.29, 1.82) is 0 Å². The second kappa shape index (κ2) is 22.9. The zero-order valence-electron chi connectivity index (χ0n) is 6.04. The normalized spacial score (nSPS) is 8.00. The summed E-state index contributed by atoms with van der Waals surface area (Å²) in [6.07, 6.45) is 0. The van der Waals surface area contributed by atoms with Gasteiger partial charge in [0.25, 0.3) is 0 Å². The highest BCUT2D eigenvalue weighted by Gasteiger charge is 1.54. The number of hydrogen-bond donors (Lipinski definition) is 0. The number of rotatable bonds is 0. The van der Waals surface area contributed by atoms with Gasteiger partial charge in [0, 0.05) is 0 Å². The maximum Gasteiger partial charge on any atom is -0.0972 e. The smallest absolute Gasteiger partial charge is 0.0972 e. The fourth-order valence-electron chi connectivity index (χ4n) is 0.156. The molecule has 0 spiro atoms. The molecule has 0 amide bonds. The molecule has 0 saturated heterocycles. The van der Waals surface area contributed by atoms with Crippen LogP contribution in [0.3, 0.4) is 0 Å². The van der Waals surface area contributed by atoms with Gasteiger partial charge in [0.15, 0.2) is 0 Å². The van der Waals surface area contributed by atoms with Gasteiger partial charge >= 0.3 is 0 Å². The minimum Gasteiger partial charge on any atom is -0.153 e. The molecule has 1 rings (SSSR count). The Balaban J connectivity index is -0.0000000167. The summed E-state index contributed by atoms with van der Waals surface area (Å²) in [4.78, 5) is 0. The van der Waals surface area contributed by atoms with Gasteiger partial charge in [0.05, 0.1) is 0 Å². The Labute approximate surface area is 87.1 Å². The van der Waals surface area contributed by atoms with Crippen LogP contribution in [0.15, 0.2) is 0 Å². The van der Waals surface area contributed by atoms with Crippen molar-refractivity contribution in [3.8, 4) is 0 Å². The average molecular weight is 330 g/mol. The molecule has 0 aliphatic rings. The molecule has 5 unspecified atom stereocenters. The minimum absolute atomic E-state index is 0. The van der Waals surface area contributed by atoms with Gasteiger partial charge in [-0.1, -0.05) is 37.7 Å². The molecule has 0 aliphatic heterocycles. The molecule has 0 nitrogen and oxygen atoms in total. The van der Waals surface area contributed by atoms with Gasteiger partial charge in [0.1, 0.15) is 0 Å². The molecular formula is H20P10. The molecule has 0 fully saturated rings. The standard InChI is InChI=1S/H5P5.5H3P/c1-2-4-5-3-1;;;;;/h1-5H;5*1H3. The zero-order chi connectivity index (χ0) is 3.54. The summed E-state index contributed by atoms with van der Waals surface area (Å²) in [6, 6.07) is 0. The van der Waals surface area contributed by atoms with Crippen LogP contribution >= 0.6 is 87.2 Å². The third kappa shape index (κ3) is 17.7. The summed E-state index contributed by atoms with van der Waals surface area (Å²) in [5.74, 6) is 0. The first-order valence-electron chi connectivity index (χ1n) is 1.25. The van der Waals surface area contributed by atoms with Gasteiger partial charge in [0.2, 0.25) is 0 Å². The van der Waals surface area contributed by atoms with Gasteiger partial charge < -0.3 is 0 Å². The molecule has 10 heavy (non-hydrogen) atoms. The monoisotopic (exact) mass is 330 g/mol. The summed E-state index contributed by atoms with van der Waals surface area (Å²) < 4.78 is 0. The van der Waals surface area contributed by atoms with Gasteiger partial charge in [-0.25, -0.2) is 0 Å². The van der Waals surface area contributed by atoms with Crippen molar-refractivity contribution in [2.45, 2.75) is 0 Å². The molecule has 0 aliphatic carbocycles. The highest BCUT2D eigenvalue weighted by molar-refractivity contribution is 8.56. The van der Waals surface area contributed by atoms with Crippen molar-refractivity contribution in [2.24, 2.45) is 0 Å². The largest absolute Gasteiger partial charge is 0.153 e. The second-order valence-corrected chi connectivity index (χ2v) is 16.9. The molecule has 0 bridgehead atoms. The Morgan fingerprint density at radius 1 is 0.300 bits per heavy atom. The fraction of sp³-hybridized carbons (Fsp3) is 0. The Morgan fingerprint density at radius 2 is 0.400 bits per heavy atom. The first-order valence-corrected chi connectivity index (χ1v) is 11.2. The molecule has 1 heterocycles. The van der Waals surface area contributed by atoms with Crippen LogP contribution in [0.1, 0.15) is 0 Å². The van der Waals surface area contributed by atoms with Crippen LogP contribution in [0, 0.1) is 0 Å². The summed E-state index contributed by atoms with van der Waals surface area (Å²) in [5, 5.41) is 0. The van der Waals surface area contributed by atoms with Crippen LogP contribution in [0.2, 0.25) is 0 Å². The Morgan fingerprint density at radius 3 is 0.500 bits per heavy atom. The van der Waals surface area contributed by atoms with Crippen LogP contribution in [-0.4, -0.2) is 0 Å². The second-order valence-electron chi connectivity index (χ2n) is 0.625. The summed E-state index contributed by atoms with van der Waals surface area (Å²) >= 11 is 0. The molecule has 0 radical (unpaired) electrons. The molecule has 10 heteroatoms. The molecule has 1 aromatic heterocycles. The fourth-order valence-corrected chi connectivity index (χ4v) is 38.0. The quantitative estimate of drug-likeness (QED) is 0.641.